The summed E-state index contributed by atoms with van der Waals surface area (Å²) in [5.74, 6) is 0. The van der Waals surface area contributed by atoms with Crippen molar-refractivity contribution in [3.05, 3.63) is 0 Å². The Kier molecular flexibility index (Phi) is 8.24. The summed E-state index contributed by atoms with van der Waals surface area (Å²) in [7, 11) is -3.84. The Morgan fingerprint density at radius 2 is 1.75 bits per heavy atom. The molecule has 0 aliphatic carbocycles. The second-order valence-corrected chi connectivity index (χ2v) is 5.63. The molecule has 0 aromatic rings. The summed E-state index contributed by atoms with van der Waals surface area (Å²) >= 11 is 0. The van der Waals surface area contributed by atoms with Crippen LogP contribution in [0.25, 0.3) is 0 Å². The molecule has 0 spiro atoms. The largest absolute Gasteiger partial charge is 0.380 e. The Bertz CT molecular complexity index is 203. The summed E-state index contributed by atoms with van der Waals surface area (Å²) in [5.41, 5.74) is -0.544. The van der Waals surface area contributed by atoms with E-state index in [1.165, 1.54) is 19.6 Å². The molecular formula is C10H24NO4P. The van der Waals surface area contributed by atoms with Crippen LogP contribution in [0.15, 0.2) is 0 Å². The number of ether oxygens (including phenoxy) is 1. The Hall–Kier alpha value is 0.0700. The Morgan fingerprint density at radius 3 is 1.88 bits per heavy atom. The number of nitrogens with zero attached hydrogens (tertiary/aromatic N) is 1. The standard InChI is InChI=1S/C6H15N.C4H9O4P/c1-4-7(5-2)6-3;5-9(6,7)4-1-2-8-3-4/h4-6H2,1-3H3;4H,1-3H2,(H2,5,6,7). The maximum Gasteiger partial charge on any atom is 0.331 e. The van der Waals surface area contributed by atoms with Gasteiger partial charge in [0.05, 0.1) is 12.3 Å². The van der Waals surface area contributed by atoms with Gasteiger partial charge < -0.3 is 19.4 Å². The van der Waals surface area contributed by atoms with E-state index in [1.807, 2.05) is 0 Å². The molecule has 1 heterocycles. The maximum absolute atomic E-state index is 10.4. The molecule has 1 saturated heterocycles. The number of rotatable bonds is 4. The lowest BCUT2D eigenvalue weighted by atomic mass is 10.4. The van der Waals surface area contributed by atoms with Gasteiger partial charge in [0.25, 0.3) is 0 Å². The van der Waals surface area contributed by atoms with Crippen molar-refractivity contribution in [2.45, 2.75) is 32.9 Å². The molecule has 0 radical (unpaired) electrons. The highest BCUT2D eigenvalue weighted by Crippen LogP contribution is 2.44. The van der Waals surface area contributed by atoms with Crippen molar-refractivity contribution in [2.24, 2.45) is 0 Å². The molecule has 16 heavy (non-hydrogen) atoms. The summed E-state index contributed by atoms with van der Waals surface area (Å²) in [5, 5.41) is 0. The minimum absolute atomic E-state index is 0.213. The first kappa shape index (κ1) is 16.1. The highest BCUT2D eigenvalue weighted by Gasteiger charge is 2.31. The molecule has 1 rings (SSSR count). The van der Waals surface area contributed by atoms with Crippen LogP contribution in [0.2, 0.25) is 0 Å². The molecule has 1 fully saturated rings. The van der Waals surface area contributed by atoms with E-state index in [9.17, 15) is 4.57 Å². The number of hydrogen-bond acceptors (Lipinski definition) is 3. The lowest BCUT2D eigenvalue weighted by molar-refractivity contribution is 0.196. The Labute approximate surface area is 97.9 Å². The number of hydrogen-bond donors (Lipinski definition) is 2. The molecule has 6 heteroatoms. The van der Waals surface area contributed by atoms with Crippen molar-refractivity contribution in [2.75, 3.05) is 32.8 Å². The predicted molar refractivity (Wildman–Crippen MR) is 64.7 cm³/mol. The van der Waals surface area contributed by atoms with Gasteiger partial charge in [-0.3, -0.25) is 4.57 Å². The van der Waals surface area contributed by atoms with Crippen LogP contribution in [0.1, 0.15) is 27.2 Å². The highest BCUT2D eigenvalue weighted by atomic mass is 31.2. The van der Waals surface area contributed by atoms with Crippen molar-refractivity contribution in [3.63, 3.8) is 0 Å². The van der Waals surface area contributed by atoms with Gasteiger partial charge in [-0.25, -0.2) is 0 Å². The molecule has 2 N–H and O–H groups in total. The molecule has 1 atom stereocenters. The predicted octanol–water partition coefficient (Wildman–Crippen LogP) is 1.30. The molecule has 5 nitrogen and oxygen atoms in total. The average Bonchev–Trinajstić information content (AvgIpc) is 2.73. The van der Waals surface area contributed by atoms with Crippen molar-refractivity contribution in [1.29, 1.82) is 0 Å². The van der Waals surface area contributed by atoms with Crippen LogP contribution in [-0.4, -0.2) is 53.2 Å². The van der Waals surface area contributed by atoms with Gasteiger partial charge >= 0.3 is 7.60 Å². The van der Waals surface area contributed by atoms with E-state index in [4.69, 9.17) is 14.5 Å². The fourth-order valence-electron chi connectivity index (χ4n) is 1.46. The third kappa shape index (κ3) is 6.61. The minimum Gasteiger partial charge on any atom is -0.380 e. The second kappa shape index (κ2) is 8.20. The lowest BCUT2D eigenvalue weighted by Gasteiger charge is -2.13. The summed E-state index contributed by atoms with van der Waals surface area (Å²) < 4.78 is 15.2. The van der Waals surface area contributed by atoms with Gasteiger partial charge in [0, 0.05) is 6.61 Å². The van der Waals surface area contributed by atoms with Crippen molar-refractivity contribution in [1.82, 2.24) is 4.90 Å². The molecular weight excluding hydrogens is 229 g/mol. The third-order valence-electron chi connectivity index (χ3n) is 2.72. The summed E-state index contributed by atoms with van der Waals surface area (Å²) in [6.45, 7) is 10.8. The normalized spacial score (nSPS) is 20.8. The fraction of sp³-hybridized carbons (Fsp3) is 1.00. The van der Waals surface area contributed by atoms with Gasteiger partial charge in [-0.05, 0) is 26.1 Å². The average molecular weight is 253 g/mol. The topological polar surface area (TPSA) is 70.0 Å². The molecule has 0 aromatic heterocycles. The Morgan fingerprint density at radius 1 is 1.25 bits per heavy atom. The summed E-state index contributed by atoms with van der Waals surface area (Å²) in [6, 6.07) is 0. The van der Waals surface area contributed by atoms with Gasteiger partial charge in [0.2, 0.25) is 0 Å². The van der Waals surface area contributed by atoms with Gasteiger partial charge in [0.1, 0.15) is 0 Å². The van der Waals surface area contributed by atoms with Crippen LogP contribution in [0, 0.1) is 0 Å². The minimum atomic E-state index is -3.84. The molecule has 0 aromatic carbocycles. The van der Waals surface area contributed by atoms with Crippen molar-refractivity contribution < 1.29 is 19.1 Å². The van der Waals surface area contributed by atoms with Crippen molar-refractivity contribution in [3.8, 4) is 0 Å². The van der Waals surface area contributed by atoms with Crippen LogP contribution in [0.4, 0.5) is 0 Å². The van der Waals surface area contributed by atoms with Crippen LogP contribution >= 0.6 is 7.60 Å². The van der Waals surface area contributed by atoms with E-state index in [-0.39, 0.29) is 6.61 Å². The zero-order valence-electron chi connectivity index (χ0n) is 10.4. The van der Waals surface area contributed by atoms with Crippen LogP contribution in [-0.2, 0) is 9.30 Å². The Balaban J connectivity index is 0.000000293. The van der Waals surface area contributed by atoms with E-state index in [0.29, 0.717) is 13.0 Å². The monoisotopic (exact) mass is 253 g/mol. The molecule has 1 unspecified atom stereocenters. The van der Waals surface area contributed by atoms with Gasteiger partial charge in [-0.1, -0.05) is 20.8 Å². The fourth-order valence-corrected chi connectivity index (χ4v) is 2.20. The quantitative estimate of drug-likeness (QED) is 0.739. The molecule has 0 bridgehead atoms. The molecule has 0 amide bonds. The first-order valence-corrected chi connectivity index (χ1v) is 7.49. The summed E-state index contributed by atoms with van der Waals surface area (Å²) in [6.07, 6.45) is 0.490. The van der Waals surface area contributed by atoms with E-state index in [0.717, 1.165) is 0 Å². The van der Waals surface area contributed by atoms with E-state index in [1.54, 1.807) is 0 Å². The summed E-state index contributed by atoms with van der Waals surface area (Å²) in [4.78, 5) is 19.5. The zero-order chi connectivity index (χ0) is 12.6. The second-order valence-electron chi connectivity index (χ2n) is 3.73. The third-order valence-corrected chi connectivity index (χ3v) is 4.08. The van der Waals surface area contributed by atoms with Gasteiger partial charge in [-0.2, -0.15) is 0 Å². The van der Waals surface area contributed by atoms with Crippen LogP contribution < -0.4 is 0 Å². The van der Waals surface area contributed by atoms with Gasteiger partial charge in [0.15, 0.2) is 0 Å². The van der Waals surface area contributed by atoms with Crippen LogP contribution in [0.5, 0.6) is 0 Å². The molecule has 0 saturated carbocycles. The highest BCUT2D eigenvalue weighted by molar-refractivity contribution is 7.52. The van der Waals surface area contributed by atoms with E-state index in [2.05, 4.69) is 25.7 Å². The first-order valence-electron chi connectivity index (χ1n) is 5.80. The van der Waals surface area contributed by atoms with E-state index >= 15 is 0 Å². The maximum atomic E-state index is 10.4. The molecule has 1 aliphatic heterocycles. The van der Waals surface area contributed by atoms with Gasteiger partial charge in [-0.15, -0.1) is 0 Å². The smallest absolute Gasteiger partial charge is 0.331 e. The van der Waals surface area contributed by atoms with Crippen molar-refractivity contribution >= 4 is 7.60 Å². The molecule has 1 aliphatic rings. The van der Waals surface area contributed by atoms with E-state index < -0.39 is 13.3 Å². The first-order chi connectivity index (χ1) is 7.45. The lowest BCUT2D eigenvalue weighted by Crippen LogP contribution is -2.21. The van der Waals surface area contributed by atoms with Crippen LogP contribution in [0.3, 0.4) is 0 Å². The SMILES string of the molecule is CCN(CC)CC.O=P(O)(O)C1CCOC1. The molecule has 98 valence electrons. The zero-order valence-corrected chi connectivity index (χ0v) is 11.3.